The van der Waals surface area contributed by atoms with E-state index in [1.807, 2.05) is 6.92 Å². The standard InChI is InChI=1S/C6H9NO/c1-4(7)6(2)3-5(6)8/h1,3,7H2,2H3. The zero-order valence-electron chi connectivity index (χ0n) is 4.90. The van der Waals surface area contributed by atoms with Gasteiger partial charge >= 0.3 is 0 Å². The third-order valence-electron chi connectivity index (χ3n) is 1.71. The predicted molar refractivity (Wildman–Crippen MR) is 31.1 cm³/mol. The van der Waals surface area contributed by atoms with E-state index in [1.165, 1.54) is 0 Å². The van der Waals surface area contributed by atoms with Crippen molar-refractivity contribution < 1.29 is 4.79 Å². The Morgan fingerprint density at radius 1 is 2.00 bits per heavy atom. The number of carbonyl (C=O) groups is 1. The molecule has 0 aromatic carbocycles. The molecule has 1 fully saturated rings. The molecule has 1 atom stereocenters. The number of Topliss-reactive ketones (excluding diaryl/α,β-unsaturated/α-hetero) is 1. The van der Waals surface area contributed by atoms with E-state index in [-0.39, 0.29) is 11.2 Å². The number of ketones is 1. The van der Waals surface area contributed by atoms with Crippen molar-refractivity contribution in [2.24, 2.45) is 11.1 Å². The highest BCUT2D eigenvalue weighted by Gasteiger charge is 2.50. The van der Waals surface area contributed by atoms with Crippen molar-refractivity contribution in [3.8, 4) is 0 Å². The maximum atomic E-state index is 10.5. The molecule has 1 unspecified atom stereocenters. The number of rotatable bonds is 1. The molecule has 1 rings (SSSR count). The third-order valence-corrected chi connectivity index (χ3v) is 1.71. The van der Waals surface area contributed by atoms with Crippen molar-refractivity contribution in [2.45, 2.75) is 13.3 Å². The van der Waals surface area contributed by atoms with E-state index in [1.54, 1.807) is 0 Å². The van der Waals surface area contributed by atoms with Crippen LogP contribution in [0.1, 0.15) is 13.3 Å². The van der Waals surface area contributed by atoms with Gasteiger partial charge in [-0.2, -0.15) is 0 Å². The normalized spacial score (nSPS) is 34.9. The number of hydrogen-bond acceptors (Lipinski definition) is 2. The van der Waals surface area contributed by atoms with Gasteiger partial charge in [-0.3, -0.25) is 4.79 Å². The fraction of sp³-hybridized carbons (Fsp3) is 0.500. The van der Waals surface area contributed by atoms with E-state index >= 15 is 0 Å². The number of nitrogens with two attached hydrogens (primary N) is 1. The quantitative estimate of drug-likeness (QED) is 0.533. The van der Waals surface area contributed by atoms with Gasteiger partial charge in [0.05, 0.1) is 5.41 Å². The monoisotopic (exact) mass is 111 g/mol. The van der Waals surface area contributed by atoms with Crippen LogP contribution in [-0.2, 0) is 4.79 Å². The van der Waals surface area contributed by atoms with E-state index in [0.717, 1.165) is 0 Å². The van der Waals surface area contributed by atoms with Crippen LogP contribution in [0.15, 0.2) is 12.3 Å². The number of hydrogen-bond donors (Lipinski definition) is 1. The summed E-state index contributed by atoms with van der Waals surface area (Å²) in [4.78, 5) is 10.5. The zero-order valence-corrected chi connectivity index (χ0v) is 4.90. The van der Waals surface area contributed by atoms with E-state index < -0.39 is 0 Å². The van der Waals surface area contributed by atoms with Gasteiger partial charge in [-0.15, -0.1) is 0 Å². The lowest BCUT2D eigenvalue weighted by Gasteiger charge is -2.00. The molecule has 8 heavy (non-hydrogen) atoms. The van der Waals surface area contributed by atoms with Gasteiger partial charge in [0.25, 0.3) is 0 Å². The van der Waals surface area contributed by atoms with Gasteiger partial charge < -0.3 is 5.73 Å². The molecule has 0 radical (unpaired) electrons. The molecule has 1 saturated carbocycles. The molecule has 44 valence electrons. The maximum absolute atomic E-state index is 10.5. The highest BCUT2D eigenvalue weighted by Crippen LogP contribution is 2.43. The molecule has 0 aromatic rings. The largest absolute Gasteiger partial charge is 0.402 e. The number of carbonyl (C=O) groups excluding carboxylic acids is 1. The average molecular weight is 111 g/mol. The summed E-state index contributed by atoms with van der Waals surface area (Å²) in [7, 11) is 0. The Kier molecular flexibility index (Phi) is 0.756. The van der Waals surface area contributed by atoms with Crippen LogP contribution < -0.4 is 5.73 Å². The van der Waals surface area contributed by atoms with Gasteiger partial charge in [-0.1, -0.05) is 6.58 Å². The van der Waals surface area contributed by atoms with Crippen molar-refractivity contribution >= 4 is 5.78 Å². The lowest BCUT2D eigenvalue weighted by Crippen LogP contribution is -2.09. The molecule has 2 nitrogen and oxygen atoms in total. The molecule has 0 aliphatic heterocycles. The fourth-order valence-electron chi connectivity index (χ4n) is 0.570. The second-order valence-electron chi connectivity index (χ2n) is 2.46. The van der Waals surface area contributed by atoms with Gasteiger partial charge in [0.2, 0.25) is 0 Å². The Balaban J connectivity index is 2.73. The Labute approximate surface area is 48.4 Å². The molecule has 2 heteroatoms. The van der Waals surface area contributed by atoms with Crippen LogP contribution in [0.4, 0.5) is 0 Å². The first-order valence-corrected chi connectivity index (χ1v) is 2.55. The summed E-state index contributed by atoms with van der Waals surface area (Å²) < 4.78 is 0. The Bertz CT molecular complexity index is 162. The summed E-state index contributed by atoms with van der Waals surface area (Å²) in [6.45, 7) is 5.31. The molecule has 0 bridgehead atoms. The first kappa shape index (κ1) is 5.35. The molecule has 1 aliphatic rings. The molecular formula is C6H9NO. The summed E-state index contributed by atoms with van der Waals surface area (Å²) >= 11 is 0. The molecule has 1 aliphatic carbocycles. The molecule has 0 heterocycles. The van der Waals surface area contributed by atoms with Crippen molar-refractivity contribution in [1.82, 2.24) is 0 Å². The van der Waals surface area contributed by atoms with E-state index in [2.05, 4.69) is 6.58 Å². The van der Waals surface area contributed by atoms with Gasteiger partial charge in [-0.05, 0) is 6.92 Å². The average Bonchev–Trinajstić information content (AvgIpc) is 2.17. The highest BCUT2D eigenvalue weighted by molar-refractivity contribution is 6.03. The lowest BCUT2D eigenvalue weighted by atomic mass is 10.1. The first-order valence-electron chi connectivity index (χ1n) is 2.55. The van der Waals surface area contributed by atoms with Crippen LogP contribution in [0.3, 0.4) is 0 Å². The van der Waals surface area contributed by atoms with Crippen LogP contribution in [0.5, 0.6) is 0 Å². The third kappa shape index (κ3) is 0.457. The van der Waals surface area contributed by atoms with Gasteiger partial charge in [0.1, 0.15) is 5.78 Å². The van der Waals surface area contributed by atoms with Gasteiger partial charge in [-0.25, -0.2) is 0 Å². The number of allylic oxidation sites excluding steroid dienone is 1. The Morgan fingerprint density at radius 2 is 2.38 bits per heavy atom. The molecule has 0 spiro atoms. The van der Waals surface area contributed by atoms with Crippen molar-refractivity contribution in [3.05, 3.63) is 12.3 Å². The second-order valence-corrected chi connectivity index (χ2v) is 2.46. The maximum Gasteiger partial charge on any atom is 0.146 e. The van der Waals surface area contributed by atoms with Gasteiger partial charge in [0, 0.05) is 12.1 Å². The van der Waals surface area contributed by atoms with E-state index in [9.17, 15) is 4.79 Å². The molecule has 0 saturated heterocycles. The minimum absolute atomic E-state index is 0.213. The first-order chi connectivity index (χ1) is 3.57. The van der Waals surface area contributed by atoms with Crippen molar-refractivity contribution in [2.75, 3.05) is 0 Å². The summed E-state index contributed by atoms with van der Waals surface area (Å²) in [6, 6.07) is 0. The summed E-state index contributed by atoms with van der Waals surface area (Å²) in [5.41, 5.74) is 5.46. The van der Waals surface area contributed by atoms with Crippen LogP contribution in [0.25, 0.3) is 0 Å². The minimum Gasteiger partial charge on any atom is -0.402 e. The lowest BCUT2D eigenvalue weighted by molar-refractivity contribution is -0.112. The van der Waals surface area contributed by atoms with Crippen LogP contribution >= 0.6 is 0 Å². The topological polar surface area (TPSA) is 43.1 Å². The molecule has 0 amide bonds. The van der Waals surface area contributed by atoms with Crippen LogP contribution in [0.2, 0.25) is 0 Å². The zero-order chi connectivity index (χ0) is 6.36. The minimum atomic E-state index is -0.347. The van der Waals surface area contributed by atoms with Crippen molar-refractivity contribution in [1.29, 1.82) is 0 Å². The highest BCUT2D eigenvalue weighted by atomic mass is 16.1. The van der Waals surface area contributed by atoms with E-state index in [4.69, 9.17) is 5.73 Å². The van der Waals surface area contributed by atoms with Crippen molar-refractivity contribution in [3.63, 3.8) is 0 Å². The summed E-state index contributed by atoms with van der Waals surface area (Å²) in [5, 5.41) is 0. The Hall–Kier alpha value is -0.790. The fourth-order valence-corrected chi connectivity index (χ4v) is 0.570. The predicted octanol–water partition coefficient (Wildman–Crippen LogP) is 0.438. The van der Waals surface area contributed by atoms with Crippen LogP contribution in [0, 0.1) is 5.41 Å². The second kappa shape index (κ2) is 1.13. The smallest absolute Gasteiger partial charge is 0.146 e. The van der Waals surface area contributed by atoms with Gasteiger partial charge in [0.15, 0.2) is 0 Å². The SMILES string of the molecule is C=C(N)C1(C)CC1=O. The molecule has 0 aromatic heterocycles. The molecular weight excluding hydrogens is 102 g/mol. The Morgan fingerprint density at radius 3 is 2.38 bits per heavy atom. The van der Waals surface area contributed by atoms with E-state index in [0.29, 0.717) is 12.1 Å². The summed E-state index contributed by atoms with van der Waals surface area (Å²) in [5.74, 6) is 0.213. The van der Waals surface area contributed by atoms with Crippen LogP contribution in [-0.4, -0.2) is 5.78 Å². The summed E-state index contributed by atoms with van der Waals surface area (Å²) in [6.07, 6.45) is 0.586. The molecule has 2 N–H and O–H groups in total.